The number of halogens is 1. The highest BCUT2D eigenvalue weighted by atomic mass is 35.5. The molecule has 0 radical (unpaired) electrons. The van der Waals surface area contributed by atoms with Crippen LogP contribution in [0.15, 0.2) is 78.9 Å². The third-order valence-corrected chi connectivity index (χ3v) is 3.62. The van der Waals surface area contributed by atoms with Crippen LogP contribution in [0.2, 0.25) is 5.02 Å². The van der Waals surface area contributed by atoms with E-state index in [0.717, 1.165) is 11.1 Å². The second kappa shape index (κ2) is 7.66. The van der Waals surface area contributed by atoms with Gasteiger partial charge < -0.3 is 9.47 Å². The number of rotatable bonds is 5. The van der Waals surface area contributed by atoms with Crippen molar-refractivity contribution in [2.45, 2.75) is 0 Å². The lowest BCUT2D eigenvalue weighted by molar-refractivity contribution is -0.136. The Bertz CT molecular complexity index is 814. The largest absolute Gasteiger partial charge is 0.482 e. The van der Waals surface area contributed by atoms with Gasteiger partial charge >= 0.3 is 5.97 Å². The summed E-state index contributed by atoms with van der Waals surface area (Å²) in [5.41, 5.74) is 1.84. The van der Waals surface area contributed by atoms with E-state index in [4.69, 9.17) is 21.1 Å². The van der Waals surface area contributed by atoms with Gasteiger partial charge in [-0.25, -0.2) is 4.79 Å². The first kappa shape index (κ1) is 16.1. The SMILES string of the molecule is O=C(COc1ccc(Cl)cc1)Oc1ccccc1-c1ccccc1. The zero-order valence-corrected chi connectivity index (χ0v) is 13.6. The number of benzene rings is 3. The van der Waals surface area contributed by atoms with Crippen molar-refractivity contribution in [1.29, 1.82) is 0 Å². The van der Waals surface area contributed by atoms with Crippen LogP contribution in [0.25, 0.3) is 11.1 Å². The number of esters is 1. The van der Waals surface area contributed by atoms with Crippen LogP contribution in [0.4, 0.5) is 0 Å². The van der Waals surface area contributed by atoms with Crippen molar-refractivity contribution in [1.82, 2.24) is 0 Å². The van der Waals surface area contributed by atoms with Crippen LogP contribution >= 0.6 is 11.6 Å². The Morgan fingerprint density at radius 1 is 0.833 bits per heavy atom. The molecule has 0 amide bonds. The molecule has 0 aliphatic carbocycles. The highest BCUT2D eigenvalue weighted by Crippen LogP contribution is 2.29. The number of hydrogen-bond acceptors (Lipinski definition) is 3. The minimum atomic E-state index is -0.465. The highest BCUT2D eigenvalue weighted by Gasteiger charge is 2.11. The Kier molecular flexibility index (Phi) is 5.14. The minimum absolute atomic E-state index is 0.176. The smallest absolute Gasteiger partial charge is 0.349 e. The molecule has 0 spiro atoms. The number of carbonyl (C=O) groups excluding carboxylic acids is 1. The Hall–Kier alpha value is -2.78. The Morgan fingerprint density at radius 3 is 2.25 bits per heavy atom. The van der Waals surface area contributed by atoms with E-state index < -0.39 is 5.97 Å². The minimum Gasteiger partial charge on any atom is -0.482 e. The average Bonchev–Trinajstić information content (AvgIpc) is 2.62. The van der Waals surface area contributed by atoms with E-state index in [-0.39, 0.29) is 6.61 Å². The summed E-state index contributed by atoms with van der Waals surface area (Å²) in [5.74, 6) is 0.606. The predicted molar refractivity (Wildman–Crippen MR) is 94.5 cm³/mol. The maximum absolute atomic E-state index is 12.1. The Balaban J connectivity index is 1.67. The van der Waals surface area contributed by atoms with Crippen molar-refractivity contribution < 1.29 is 14.3 Å². The average molecular weight is 339 g/mol. The molecule has 0 aliphatic heterocycles. The molecule has 0 bridgehead atoms. The summed E-state index contributed by atoms with van der Waals surface area (Å²) in [5, 5.41) is 0.613. The first-order valence-corrected chi connectivity index (χ1v) is 7.84. The molecular formula is C20H15ClO3. The lowest BCUT2D eigenvalue weighted by atomic mass is 10.1. The van der Waals surface area contributed by atoms with Crippen LogP contribution in [-0.4, -0.2) is 12.6 Å². The van der Waals surface area contributed by atoms with Gasteiger partial charge in [0, 0.05) is 10.6 Å². The van der Waals surface area contributed by atoms with E-state index in [9.17, 15) is 4.79 Å². The summed E-state index contributed by atoms with van der Waals surface area (Å²) in [6, 6.07) is 24.0. The van der Waals surface area contributed by atoms with Gasteiger partial charge in [0.25, 0.3) is 0 Å². The standard InChI is InChI=1S/C20H15ClO3/c21-16-10-12-17(13-11-16)23-14-20(22)24-19-9-5-4-8-18(19)15-6-2-1-3-7-15/h1-13H,14H2. The quantitative estimate of drug-likeness (QED) is 0.485. The second-order valence-corrected chi connectivity index (χ2v) is 5.52. The van der Waals surface area contributed by atoms with Gasteiger partial charge in [-0.3, -0.25) is 0 Å². The van der Waals surface area contributed by atoms with E-state index in [2.05, 4.69) is 0 Å². The van der Waals surface area contributed by atoms with Gasteiger partial charge in [-0.15, -0.1) is 0 Å². The number of hydrogen-bond donors (Lipinski definition) is 0. The first-order valence-electron chi connectivity index (χ1n) is 7.46. The molecule has 0 aromatic heterocycles. The predicted octanol–water partition coefficient (Wildman–Crippen LogP) is 4.99. The summed E-state index contributed by atoms with van der Waals surface area (Å²) in [7, 11) is 0. The van der Waals surface area contributed by atoms with E-state index in [1.165, 1.54) is 0 Å². The normalized spacial score (nSPS) is 10.2. The molecule has 0 aliphatic rings. The van der Waals surface area contributed by atoms with Crippen molar-refractivity contribution >= 4 is 17.6 Å². The molecule has 3 aromatic rings. The lowest BCUT2D eigenvalue weighted by Gasteiger charge is -2.11. The van der Waals surface area contributed by atoms with Crippen LogP contribution in [-0.2, 0) is 4.79 Å². The van der Waals surface area contributed by atoms with Gasteiger partial charge in [0.15, 0.2) is 6.61 Å². The fourth-order valence-electron chi connectivity index (χ4n) is 2.24. The molecule has 3 nitrogen and oxygen atoms in total. The van der Waals surface area contributed by atoms with E-state index in [1.54, 1.807) is 30.3 Å². The maximum Gasteiger partial charge on any atom is 0.349 e. The summed E-state index contributed by atoms with van der Waals surface area (Å²) >= 11 is 5.81. The molecular weight excluding hydrogens is 324 g/mol. The zero-order valence-electron chi connectivity index (χ0n) is 12.8. The summed E-state index contributed by atoms with van der Waals surface area (Å²) in [4.78, 5) is 12.1. The first-order chi connectivity index (χ1) is 11.7. The van der Waals surface area contributed by atoms with Crippen molar-refractivity contribution in [3.05, 3.63) is 83.9 Å². The fourth-order valence-corrected chi connectivity index (χ4v) is 2.36. The number of ether oxygens (including phenoxy) is 2. The second-order valence-electron chi connectivity index (χ2n) is 5.08. The van der Waals surface area contributed by atoms with Crippen molar-refractivity contribution in [2.75, 3.05) is 6.61 Å². The third-order valence-electron chi connectivity index (χ3n) is 3.37. The molecule has 3 rings (SSSR count). The van der Waals surface area contributed by atoms with Crippen LogP contribution in [0, 0.1) is 0 Å². The molecule has 0 fully saturated rings. The molecule has 120 valence electrons. The molecule has 4 heteroatoms. The molecule has 0 saturated carbocycles. The van der Waals surface area contributed by atoms with Gasteiger partial charge in [0.05, 0.1) is 0 Å². The summed E-state index contributed by atoms with van der Waals surface area (Å²) < 4.78 is 10.9. The van der Waals surface area contributed by atoms with Crippen LogP contribution in [0.5, 0.6) is 11.5 Å². The van der Waals surface area contributed by atoms with Crippen molar-refractivity contribution in [3.63, 3.8) is 0 Å². The van der Waals surface area contributed by atoms with Gasteiger partial charge in [-0.2, -0.15) is 0 Å². The Morgan fingerprint density at radius 2 is 1.50 bits per heavy atom. The van der Waals surface area contributed by atoms with E-state index >= 15 is 0 Å². The van der Waals surface area contributed by atoms with Crippen LogP contribution in [0.3, 0.4) is 0 Å². The number of para-hydroxylation sites is 1. The van der Waals surface area contributed by atoms with E-state index in [0.29, 0.717) is 16.5 Å². The zero-order chi connectivity index (χ0) is 16.8. The van der Waals surface area contributed by atoms with Gasteiger partial charge in [-0.05, 0) is 35.9 Å². The molecule has 3 aromatic carbocycles. The molecule has 24 heavy (non-hydrogen) atoms. The van der Waals surface area contributed by atoms with E-state index in [1.807, 2.05) is 48.5 Å². The van der Waals surface area contributed by atoms with Crippen LogP contribution < -0.4 is 9.47 Å². The third kappa shape index (κ3) is 4.15. The van der Waals surface area contributed by atoms with Crippen LogP contribution in [0.1, 0.15) is 0 Å². The summed E-state index contributed by atoms with van der Waals surface area (Å²) in [6.07, 6.45) is 0. The molecule has 0 unspecified atom stereocenters. The van der Waals surface area contributed by atoms with Crippen molar-refractivity contribution in [3.8, 4) is 22.6 Å². The topological polar surface area (TPSA) is 35.5 Å². The monoisotopic (exact) mass is 338 g/mol. The Labute approximate surface area is 145 Å². The van der Waals surface area contributed by atoms with Crippen molar-refractivity contribution in [2.24, 2.45) is 0 Å². The van der Waals surface area contributed by atoms with Gasteiger partial charge in [0.2, 0.25) is 0 Å². The summed E-state index contributed by atoms with van der Waals surface area (Å²) in [6.45, 7) is -0.176. The fraction of sp³-hybridized carbons (Fsp3) is 0.0500. The molecule has 0 atom stereocenters. The molecule has 0 saturated heterocycles. The maximum atomic E-state index is 12.1. The lowest BCUT2D eigenvalue weighted by Crippen LogP contribution is -2.18. The van der Waals surface area contributed by atoms with Gasteiger partial charge in [-0.1, -0.05) is 60.1 Å². The van der Waals surface area contributed by atoms with Gasteiger partial charge in [0.1, 0.15) is 11.5 Å². The molecule has 0 heterocycles. The molecule has 0 N–H and O–H groups in total. The highest BCUT2D eigenvalue weighted by molar-refractivity contribution is 6.30. The number of carbonyl (C=O) groups is 1.